The van der Waals surface area contributed by atoms with Gasteiger partial charge in [-0.25, -0.2) is 18.4 Å². The highest BCUT2D eigenvalue weighted by Gasteiger charge is 2.36. The fourth-order valence-electron chi connectivity index (χ4n) is 2.63. The van der Waals surface area contributed by atoms with Crippen molar-refractivity contribution in [2.24, 2.45) is 10.6 Å². The molecule has 0 saturated carbocycles. The molecular formula is C18H25BN2O9S. The minimum absolute atomic E-state index is 0.0392. The Balaban J connectivity index is 2.02. The van der Waals surface area contributed by atoms with E-state index < -0.39 is 65.3 Å². The SMILES string of the molecule is CC(C)(C)C(=O)OCOC(=O)c1cccc2c1CB(O)[C@H](NC(=O)CCS(N)(=O)=O)O2. The zero-order valence-electron chi connectivity index (χ0n) is 17.4. The van der Waals surface area contributed by atoms with Crippen LogP contribution in [0.1, 0.15) is 43.1 Å². The fourth-order valence-corrected chi connectivity index (χ4v) is 3.10. The molecule has 1 aromatic rings. The van der Waals surface area contributed by atoms with E-state index in [1.54, 1.807) is 26.8 Å². The van der Waals surface area contributed by atoms with Crippen LogP contribution in [0, 0.1) is 5.41 Å². The first kappa shape index (κ1) is 24.6. The summed E-state index contributed by atoms with van der Waals surface area (Å²) in [6.07, 6.45) is -1.57. The molecule has 1 heterocycles. The van der Waals surface area contributed by atoms with Crippen molar-refractivity contribution < 1.29 is 42.0 Å². The second kappa shape index (κ2) is 9.66. The van der Waals surface area contributed by atoms with Gasteiger partial charge >= 0.3 is 18.9 Å². The van der Waals surface area contributed by atoms with E-state index in [0.717, 1.165) is 0 Å². The van der Waals surface area contributed by atoms with Crippen molar-refractivity contribution in [3.8, 4) is 5.75 Å². The molecule has 1 aliphatic heterocycles. The highest BCUT2D eigenvalue weighted by molar-refractivity contribution is 7.89. The van der Waals surface area contributed by atoms with E-state index in [-0.39, 0.29) is 17.6 Å². The number of nitrogens with two attached hydrogens (primary N) is 1. The summed E-state index contributed by atoms with van der Waals surface area (Å²) in [5.74, 6) is -2.28. The third kappa shape index (κ3) is 7.22. The van der Waals surface area contributed by atoms with Crippen molar-refractivity contribution in [3.05, 3.63) is 29.3 Å². The standard InChI is InChI=1S/C18H25BN2O9S/c1-18(2,3)16(24)29-10-28-15(23)11-5-4-6-13-12(11)9-19(25)17(30-13)21-14(22)7-8-31(20,26)27/h4-6,17,25H,7-10H2,1-3H3,(H,21,22)(H2,20,26,27)/t17-/m1/s1. The number of nitrogens with one attached hydrogen (secondary N) is 1. The Morgan fingerprint density at radius 1 is 1.29 bits per heavy atom. The van der Waals surface area contributed by atoms with Crippen LogP contribution in [0.15, 0.2) is 18.2 Å². The van der Waals surface area contributed by atoms with Crippen LogP contribution in [0.5, 0.6) is 5.75 Å². The number of amides is 1. The third-order valence-corrected chi connectivity index (χ3v) is 5.05. The van der Waals surface area contributed by atoms with E-state index >= 15 is 0 Å². The molecule has 31 heavy (non-hydrogen) atoms. The predicted molar refractivity (Wildman–Crippen MR) is 109 cm³/mol. The molecule has 1 atom stereocenters. The number of sulfonamides is 1. The first-order chi connectivity index (χ1) is 14.3. The first-order valence-corrected chi connectivity index (χ1v) is 11.1. The quantitative estimate of drug-likeness (QED) is 0.278. The number of ether oxygens (including phenoxy) is 3. The molecule has 0 aliphatic carbocycles. The smallest absolute Gasteiger partial charge is 0.365 e. The van der Waals surface area contributed by atoms with E-state index in [0.29, 0.717) is 5.56 Å². The number of hydrogen-bond acceptors (Lipinski definition) is 9. The number of carbonyl (C=O) groups is 3. The lowest BCUT2D eigenvalue weighted by Gasteiger charge is -2.29. The number of hydrogen-bond donors (Lipinski definition) is 3. The maximum Gasteiger partial charge on any atom is 0.365 e. The molecule has 170 valence electrons. The van der Waals surface area contributed by atoms with Gasteiger partial charge in [0.05, 0.1) is 16.7 Å². The monoisotopic (exact) mass is 456 g/mol. The number of carbonyl (C=O) groups excluding carboxylic acids is 3. The lowest BCUT2D eigenvalue weighted by Crippen LogP contribution is -2.53. The largest absolute Gasteiger partial charge is 0.475 e. The van der Waals surface area contributed by atoms with Gasteiger partial charge in [-0.3, -0.25) is 9.59 Å². The molecular weight excluding hydrogens is 431 g/mol. The van der Waals surface area contributed by atoms with Crippen LogP contribution in [0.2, 0.25) is 0 Å². The second-order valence-electron chi connectivity index (χ2n) is 8.01. The molecule has 1 amide bonds. The van der Waals surface area contributed by atoms with Crippen LogP contribution in [-0.4, -0.2) is 56.9 Å². The van der Waals surface area contributed by atoms with Crippen molar-refractivity contribution in [1.82, 2.24) is 5.32 Å². The molecule has 0 spiro atoms. The van der Waals surface area contributed by atoms with Crippen LogP contribution >= 0.6 is 0 Å². The number of rotatable bonds is 7. The molecule has 0 unspecified atom stereocenters. The van der Waals surface area contributed by atoms with Crippen molar-refractivity contribution in [2.45, 2.75) is 39.6 Å². The molecule has 0 aromatic heterocycles. The molecule has 13 heteroatoms. The number of esters is 2. The van der Waals surface area contributed by atoms with E-state index in [2.05, 4.69) is 5.32 Å². The summed E-state index contributed by atoms with van der Waals surface area (Å²) in [7, 11) is -3.81. The Kier molecular flexibility index (Phi) is 7.68. The second-order valence-corrected chi connectivity index (χ2v) is 9.74. The summed E-state index contributed by atoms with van der Waals surface area (Å²) < 4.78 is 37.4. The lowest BCUT2D eigenvalue weighted by atomic mass is 9.59. The maximum absolute atomic E-state index is 12.4. The van der Waals surface area contributed by atoms with Crippen molar-refractivity contribution >= 4 is 34.8 Å². The molecule has 1 aliphatic rings. The Hall–Kier alpha value is -2.64. The average molecular weight is 456 g/mol. The van der Waals surface area contributed by atoms with Gasteiger partial charge in [-0.1, -0.05) is 6.07 Å². The van der Waals surface area contributed by atoms with Crippen LogP contribution < -0.4 is 15.2 Å². The first-order valence-electron chi connectivity index (χ1n) is 9.39. The van der Waals surface area contributed by atoms with Gasteiger partial charge in [0.1, 0.15) is 5.75 Å². The summed E-state index contributed by atoms with van der Waals surface area (Å²) in [6.45, 7) is 3.21. The van der Waals surface area contributed by atoms with Gasteiger partial charge in [-0.2, -0.15) is 0 Å². The topological polar surface area (TPSA) is 171 Å². The van der Waals surface area contributed by atoms with Crippen LogP contribution in [0.4, 0.5) is 0 Å². The van der Waals surface area contributed by atoms with Gasteiger partial charge in [-0.05, 0) is 39.2 Å². The number of fused-ring (bicyclic) bond motifs is 1. The molecule has 0 fully saturated rings. The van der Waals surface area contributed by atoms with Gasteiger partial charge < -0.3 is 24.6 Å². The van der Waals surface area contributed by atoms with E-state index in [4.69, 9.17) is 19.3 Å². The zero-order chi connectivity index (χ0) is 23.4. The van der Waals surface area contributed by atoms with E-state index in [9.17, 15) is 27.8 Å². The predicted octanol–water partition coefficient (Wildman–Crippen LogP) is -0.492. The molecule has 4 N–H and O–H groups in total. The van der Waals surface area contributed by atoms with E-state index in [1.165, 1.54) is 12.1 Å². The Morgan fingerprint density at radius 2 is 1.97 bits per heavy atom. The lowest BCUT2D eigenvalue weighted by molar-refractivity contribution is -0.161. The van der Waals surface area contributed by atoms with Gasteiger partial charge in [0.2, 0.25) is 22.7 Å². The molecule has 0 radical (unpaired) electrons. The van der Waals surface area contributed by atoms with Crippen LogP contribution in [0.3, 0.4) is 0 Å². The minimum Gasteiger partial charge on any atom is -0.475 e. The van der Waals surface area contributed by atoms with Crippen LogP contribution in [-0.2, 0) is 35.4 Å². The normalized spacial score (nSPS) is 16.0. The van der Waals surface area contributed by atoms with Gasteiger partial charge in [-0.15, -0.1) is 0 Å². The maximum atomic E-state index is 12.4. The van der Waals surface area contributed by atoms with Gasteiger partial charge in [0, 0.05) is 12.0 Å². The molecule has 11 nitrogen and oxygen atoms in total. The minimum atomic E-state index is -3.81. The fraction of sp³-hybridized carbons (Fsp3) is 0.500. The summed E-state index contributed by atoms with van der Waals surface area (Å²) in [6, 6.07) is 4.53. The number of benzene rings is 1. The highest BCUT2D eigenvalue weighted by atomic mass is 32.2. The Labute approximate surface area is 180 Å². The summed E-state index contributed by atoms with van der Waals surface area (Å²) in [4.78, 5) is 36.0. The van der Waals surface area contributed by atoms with Crippen molar-refractivity contribution in [3.63, 3.8) is 0 Å². The Bertz CT molecular complexity index is 959. The highest BCUT2D eigenvalue weighted by Crippen LogP contribution is 2.29. The molecule has 1 aromatic carbocycles. The zero-order valence-corrected chi connectivity index (χ0v) is 18.2. The van der Waals surface area contributed by atoms with E-state index in [1.807, 2.05) is 0 Å². The van der Waals surface area contributed by atoms with Gasteiger partial charge in [0.15, 0.2) is 6.13 Å². The molecule has 0 saturated heterocycles. The van der Waals surface area contributed by atoms with Crippen LogP contribution in [0.25, 0.3) is 0 Å². The average Bonchev–Trinajstić information content (AvgIpc) is 2.65. The van der Waals surface area contributed by atoms with Crippen molar-refractivity contribution in [1.29, 1.82) is 0 Å². The molecule has 0 bridgehead atoms. The van der Waals surface area contributed by atoms with Gasteiger partial charge in [0.25, 0.3) is 0 Å². The summed E-state index contributed by atoms with van der Waals surface area (Å²) in [5.41, 5.74) is -0.274. The summed E-state index contributed by atoms with van der Waals surface area (Å²) >= 11 is 0. The Morgan fingerprint density at radius 3 is 2.58 bits per heavy atom. The number of primary sulfonamides is 1. The molecule has 2 rings (SSSR count). The van der Waals surface area contributed by atoms with Crippen molar-refractivity contribution in [2.75, 3.05) is 12.5 Å². The third-order valence-electron chi connectivity index (χ3n) is 4.28. The summed E-state index contributed by atoms with van der Waals surface area (Å²) in [5, 5.41) is 17.6.